The molecule has 158 valence electrons. The lowest BCUT2D eigenvalue weighted by Crippen LogP contribution is -2.23. The summed E-state index contributed by atoms with van der Waals surface area (Å²) in [6.07, 6.45) is 1.82. The third kappa shape index (κ3) is 3.02. The minimum Gasteiger partial charge on any atom is -0.359 e. The Hall–Kier alpha value is -4.64. The van der Waals surface area contributed by atoms with E-state index >= 15 is 0 Å². The first-order valence-corrected chi connectivity index (χ1v) is 10.7. The van der Waals surface area contributed by atoms with Crippen LogP contribution in [0.4, 0.5) is 22.7 Å². The second-order valence-electron chi connectivity index (χ2n) is 7.95. The summed E-state index contributed by atoms with van der Waals surface area (Å²) in [4.78, 5) is 30.9. The van der Waals surface area contributed by atoms with E-state index < -0.39 is 0 Å². The second kappa shape index (κ2) is 7.50. The molecule has 5 heteroatoms. The molecule has 5 aromatic rings. The van der Waals surface area contributed by atoms with Crippen molar-refractivity contribution < 1.29 is 9.59 Å². The topological polar surface area (TPSA) is 74.0 Å². The van der Waals surface area contributed by atoms with Crippen LogP contribution in [0.2, 0.25) is 0 Å². The van der Waals surface area contributed by atoms with Gasteiger partial charge in [0.15, 0.2) is 11.6 Å². The molecule has 6 rings (SSSR count). The zero-order chi connectivity index (χ0) is 22.4. The zero-order valence-corrected chi connectivity index (χ0v) is 17.6. The molecule has 3 N–H and O–H groups in total. The van der Waals surface area contributed by atoms with E-state index in [1.54, 1.807) is 24.3 Å². The number of hydrogen-bond donors (Lipinski definition) is 3. The van der Waals surface area contributed by atoms with Crippen molar-refractivity contribution in [1.29, 1.82) is 0 Å². The Labute approximate surface area is 190 Å². The minimum atomic E-state index is -0.175. The number of benzene rings is 4. The number of para-hydroxylation sites is 2. The highest BCUT2D eigenvalue weighted by atomic mass is 16.1. The molecule has 0 saturated heterocycles. The number of carbonyl (C=O) groups excluding carboxylic acids is 2. The van der Waals surface area contributed by atoms with Crippen molar-refractivity contribution in [3.63, 3.8) is 0 Å². The quantitative estimate of drug-likeness (QED) is 0.282. The zero-order valence-electron chi connectivity index (χ0n) is 17.6. The maximum Gasteiger partial charge on any atom is 0.196 e. The predicted molar refractivity (Wildman–Crippen MR) is 131 cm³/mol. The monoisotopic (exact) mass is 429 g/mol. The molecule has 0 bridgehead atoms. The Morgan fingerprint density at radius 2 is 1.03 bits per heavy atom. The fraction of sp³-hybridized carbons (Fsp3) is 0. The molecule has 33 heavy (non-hydrogen) atoms. The highest BCUT2D eigenvalue weighted by Crippen LogP contribution is 2.44. The molecule has 0 aliphatic heterocycles. The van der Waals surface area contributed by atoms with Gasteiger partial charge in [0.05, 0.1) is 28.0 Å². The average molecular weight is 429 g/mol. The molecule has 1 aromatic heterocycles. The first-order valence-electron chi connectivity index (χ1n) is 10.7. The average Bonchev–Trinajstić information content (AvgIpc) is 3.35. The molecule has 0 unspecified atom stereocenters. The molecule has 0 radical (unpaired) electrons. The van der Waals surface area contributed by atoms with Crippen LogP contribution in [0.3, 0.4) is 0 Å². The summed E-state index contributed by atoms with van der Waals surface area (Å²) in [6, 6.07) is 28.2. The number of carbonyl (C=O) groups is 2. The Morgan fingerprint density at radius 1 is 0.545 bits per heavy atom. The summed E-state index contributed by atoms with van der Waals surface area (Å²) in [7, 11) is 0. The maximum absolute atomic E-state index is 13.8. The van der Waals surface area contributed by atoms with Crippen LogP contribution in [0.15, 0.2) is 97.2 Å². The number of anilines is 4. The number of aromatic nitrogens is 1. The lowest BCUT2D eigenvalue weighted by atomic mass is 9.81. The number of ketones is 2. The van der Waals surface area contributed by atoms with Crippen molar-refractivity contribution in [1.82, 2.24) is 4.98 Å². The summed E-state index contributed by atoms with van der Waals surface area (Å²) in [6.45, 7) is 0. The summed E-state index contributed by atoms with van der Waals surface area (Å²) < 4.78 is 0. The van der Waals surface area contributed by atoms with Gasteiger partial charge >= 0.3 is 0 Å². The predicted octanol–water partition coefficient (Wildman–Crippen LogP) is 6.43. The van der Waals surface area contributed by atoms with Crippen LogP contribution in [0, 0.1) is 0 Å². The fourth-order valence-corrected chi connectivity index (χ4v) is 4.48. The number of aromatic amines is 1. The third-order valence-electron chi connectivity index (χ3n) is 5.97. The van der Waals surface area contributed by atoms with Gasteiger partial charge < -0.3 is 15.6 Å². The standard InChI is InChI=1S/C28H19N3O2/c32-27-19-13-7-8-14-20(19)28(33)23-22(27)24(30-17-9-3-1-4-10-17)21-15-16-29-25(21)26(23)31-18-11-5-2-6-12-18/h1-16,29-31H. The molecule has 5 nitrogen and oxygen atoms in total. The molecule has 4 aromatic carbocycles. The van der Waals surface area contributed by atoms with E-state index in [0.717, 1.165) is 22.3 Å². The number of fused-ring (bicyclic) bond motifs is 3. The van der Waals surface area contributed by atoms with Crippen LogP contribution in [0.5, 0.6) is 0 Å². The van der Waals surface area contributed by atoms with Crippen LogP contribution in [-0.4, -0.2) is 16.6 Å². The first-order chi connectivity index (χ1) is 16.2. The van der Waals surface area contributed by atoms with Crippen LogP contribution in [0.25, 0.3) is 10.9 Å². The van der Waals surface area contributed by atoms with Crippen molar-refractivity contribution in [2.45, 2.75) is 0 Å². The van der Waals surface area contributed by atoms with E-state index in [-0.39, 0.29) is 11.6 Å². The molecule has 0 fully saturated rings. The van der Waals surface area contributed by atoms with Gasteiger partial charge in [-0.25, -0.2) is 0 Å². The second-order valence-corrected chi connectivity index (χ2v) is 7.95. The van der Waals surface area contributed by atoms with Crippen molar-refractivity contribution in [3.8, 4) is 0 Å². The Kier molecular flexibility index (Phi) is 4.33. The van der Waals surface area contributed by atoms with Gasteiger partial charge in [0, 0.05) is 34.1 Å². The molecule has 0 spiro atoms. The van der Waals surface area contributed by atoms with Gasteiger partial charge in [-0.05, 0) is 30.3 Å². The van der Waals surface area contributed by atoms with Gasteiger partial charge in [-0.3, -0.25) is 9.59 Å². The van der Waals surface area contributed by atoms with Crippen LogP contribution in [-0.2, 0) is 0 Å². The lowest BCUT2D eigenvalue weighted by molar-refractivity contribution is 0.0980. The van der Waals surface area contributed by atoms with E-state index in [0.29, 0.717) is 33.6 Å². The Balaban J connectivity index is 1.67. The van der Waals surface area contributed by atoms with Crippen molar-refractivity contribution in [2.75, 3.05) is 10.6 Å². The SMILES string of the molecule is O=C1c2ccccc2C(=O)c2c1c(Nc1ccccc1)c1cc[nH]c1c2Nc1ccccc1. The third-order valence-corrected chi connectivity index (χ3v) is 5.97. The van der Waals surface area contributed by atoms with Crippen LogP contribution < -0.4 is 10.6 Å². The van der Waals surface area contributed by atoms with Gasteiger partial charge in [0.25, 0.3) is 0 Å². The van der Waals surface area contributed by atoms with Gasteiger partial charge in [-0.1, -0.05) is 60.7 Å². The molecule has 0 atom stereocenters. The van der Waals surface area contributed by atoms with Crippen molar-refractivity contribution in [2.24, 2.45) is 0 Å². The van der Waals surface area contributed by atoms with Crippen molar-refractivity contribution >= 4 is 45.2 Å². The molecule has 0 saturated carbocycles. The van der Waals surface area contributed by atoms with Gasteiger partial charge in [-0.2, -0.15) is 0 Å². The largest absolute Gasteiger partial charge is 0.359 e. The summed E-state index contributed by atoms with van der Waals surface area (Å²) in [5, 5.41) is 7.65. The van der Waals surface area contributed by atoms with Gasteiger partial charge in [-0.15, -0.1) is 0 Å². The summed E-state index contributed by atoms with van der Waals surface area (Å²) in [5.74, 6) is -0.343. The summed E-state index contributed by atoms with van der Waals surface area (Å²) in [5.41, 5.74) is 5.25. The van der Waals surface area contributed by atoms with Crippen LogP contribution in [0.1, 0.15) is 31.8 Å². The number of nitrogens with one attached hydrogen (secondary N) is 3. The minimum absolute atomic E-state index is 0.169. The van der Waals surface area contributed by atoms with E-state index in [2.05, 4.69) is 15.6 Å². The molecular weight excluding hydrogens is 410 g/mol. The normalized spacial score (nSPS) is 12.4. The number of H-pyrrole nitrogens is 1. The smallest absolute Gasteiger partial charge is 0.196 e. The maximum atomic E-state index is 13.8. The van der Waals surface area contributed by atoms with E-state index in [1.807, 2.05) is 72.9 Å². The first kappa shape index (κ1) is 19.1. The van der Waals surface area contributed by atoms with Gasteiger partial charge in [0.2, 0.25) is 0 Å². The molecule has 1 aliphatic rings. The van der Waals surface area contributed by atoms with Gasteiger partial charge in [0.1, 0.15) is 0 Å². The highest BCUT2D eigenvalue weighted by Gasteiger charge is 2.36. The molecule has 1 heterocycles. The van der Waals surface area contributed by atoms with E-state index in [9.17, 15) is 9.59 Å². The van der Waals surface area contributed by atoms with E-state index in [4.69, 9.17) is 0 Å². The summed E-state index contributed by atoms with van der Waals surface area (Å²) >= 11 is 0. The number of rotatable bonds is 4. The number of hydrogen-bond acceptors (Lipinski definition) is 4. The molecule has 0 amide bonds. The Morgan fingerprint density at radius 3 is 1.61 bits per heavy atom. The molecule has 1 aliphatic carbocycles. The Bertz CT molecular complexity index is 1420. The van der Waals surface area contributed by atoms with E-state index in [1.165, 1.54) is 0 Å². The fourth-order valence-electron chi connectivity index (χ4n) is 4.48. The highest BCUT2D eigenvalue weighted by molar-refractivity contribution is 6.35. The van der Waals surface area contributed by atoms with Crippen LogP contribution >= 0.6 is 0 Å². The lowest BCUT2D eigenvalue weighted by Gasteiger charge is -2.25. The van der Waals surface area contributed by atoms with Crippen molar-refractivity contribution in [3.05, 3.63) is 119 Å². The molecular formula is C28H19N3O2.